The highest BCUT2D eigenvalue weighted by Gasteiger charge is 1.90. The van der Waals surface area contributed by atoms with Gasteiger partial charge in [0.15, 0.2) is 0 Å². The van der Waals surface area contributed by atoms with Crippen molar-refractivity contribution >= 4 is 11.9 Å². The Bertz CT molecular complexity index is 304. The number of rotatable bonds is 3. The van der Waals surface area contributed by atoms with E-state index in [4.69, 9.17) is 25.7 Å². The lowest BCUT2D eigenvalue weighted by Crippen LogP contribution is -1.92. The van der Waals surface area contributed by atoms with E-state index < -0.39 is 11.9 Å². The van der Waals surface area contributed by atoms with E-state index in [2.05, 4.69) is 19.7 Å². The van der Waals surface area contributed by atoms with Gasteiger partial charge in [-0.3, -0.25) is 0 Å². The zero-order chi connectivity index (χ0) is 17.1. The van der Waals surface area contributed by atoms with Gasteiger partial charge in [-0.1, -0.05) is 19.7 Å². The van der Waals surface area contributed by atoms with Crippen LogP contribution in [0, 0.1) is 11.3 Å². The average Bonchev–Trinajstić information content (AvgIpc) is 2.39. The van der Waals surface area contributed by atoms with Crippen molar-refractivity contribution in [3.8, 4) is 6.07 Å². The molecule has 0 amide bonds. The molecule has 114 valence electrons. The van der Waals surface area contributed by atoms with E-state index >= 15 is 0 Å². The number of hydrogen-bond acceptors (Lipinski definition) is 5. The van der Waals surface area contributed by atoms with Gasteiger partial charge >= 0.3 is 11.9 Å². The van der Waals surface area contributed by atoms with E-state index in [1.54, 1.807) is 6.07 Å². The number of hydrogen-bond donors (Lipinski definition) is 4. The van der Waals surface area contributed by atoms with Crippen molar-refractivity contribution in [2.75, 3.05) is 13.2 Å². The lowest BCUT2D eigenvalue weighted by Gasteiger charge is -1.79. The van der Waals surface area contributed by atoms with Gasteiger partial charge in [0.1, 0.15) is 0 Å². The summed E-state index contributed by atoms with van der Waals surface area (Å²) in [6, 6.07) is 1.69. The number of nitriles is 1. The molecule has 0 rings (SSSR count). The molecule has 0 atom stereocenters. The van der Waals surface area contributed by atoms with Crippen LogP contribution in [0.4, 0.5) is 0 Å². The van der Waals surface area contributed by atoms with Crippen molar-refractivity contribution in [1.82, 2.24) is 0 Å². The Balaban J connectivity index is -0.0000000871. The van der Waals surface area contributed by atoms with Gasteiger partial charge in [0.05, 0.1) is 19.3 Å². The second-order valence-electron chi connectivity index (χ2n) is 2.95. The summed E-state index contributed by atoms with van der Waals surface area (Å²) in [5.74, 6) is -1.87. The zero-order valence-corrected chi connectivity index (χ0v) is 11.7. The molecule has 0 spiro atoms. The van der Waals surface area contributed by atoms with Crippen molar-refractivity contribution in [3.63, 3.8) is 0 Å². The molecule has 0 aromatic heterocycles. The molecule has 0 aromatic carbocycles. The summed E-state index contributed by atoms with van der Waals surface area (Å²) in [4.78, 5) is 19.2. The normalized spacial score (nSPS) is 6.75. The Hall–Kier alpha value is -2.43. The molecule has 7 nitrogen and oxygen atoms in total. The predicted octanol–water partition coefficient (Wildman–Crippen LogP) is 0.961. The smallest absolute Gasteiger partial charge is 0.330 e. The Morgan fingerprint density at radius 3 is 1.20 bits per heavy atom. The molecular weight excluding hydrogens is 266 g/mol. The van der Waals surface area contributed by atoms with Crippen molar-refractivity contribution in [3.05, 3.63) is 37.0 Å². The van der Waals surface area contributed by atoms with Crippen LogP contribution in [0.5, 0.6) is 0 Å². The third-order valence-corrected chi connectivity index (χ3v) is 0.921. The van der Waals surface area contributed by atoms with E-state index in [0.29, 0.717) is 0 Å². The molecule has 0 unspecified atom stereocenters. The number of aliphatic hydroxyl groups is 2. The maximum absolute atomic E-state index is 9.60. The number of carbonyl (C=O) groups is 2. The van der Waals surface area contributed by atoms with Crippen molar-refractivity contribution in [2.24, 2.45) is 0 Å². The second-order valence-corrected chi connectivity index (χ2v) is 2.95. The van der Waals surface area contributed by atoms with Crippen molar-refractivity contribution < 1.29 is 30.0 Å². The first kappa shape index (κ1) is 26.2. The molecule has 4 N–H and O–H groups in total. The first-order valence-electron chi connectivity index (χ1n) is 5.12. The summed E-state index contributed by atoms with van der Waals surface area (Å²) in [6.07, 6.45) is 1.18. The first-order valence-corrected chi connectivity index (χ1v) is 5.12. The molecule has 0 saturated heterocycles. The summed E-state index contributed by atoms with van der Waals surface area (Å²) in [5, 5.41) is 38.5. The highest BCUT2D eigenvalue weighted by molar-refractivity contribution is 5.85. The molecule has 0 aliphatic carbocycles. The van der Waals surface area contributed by atoms with Gasteiger partial charge < -0.3 is 20.4 Å². The molecular formula is C13H21NO6. The molecule has 20 heavy (non-hydrogen) atoms. The largest absolute Gasteiger partial charge is 0.478 e. The molecule has 7 heteroatoms. The highest BCUT2D eigenvalue weighted by atomic mass is 16.4. The quantitative estimate of drug-likeness (QED) is 0.448. The monoisotopic (exact) mass is 287 g/mol. The molecule has 0 aliphatic rings. The van der Waals surface area contributed by atoms with E-state index in [-0.39, 0.29) is 24.4 Å². The predicted molar refractivity (Wildman–Crippen MR) is 74.9 cm³/mol. The van der Waals surface area contributed by atoms with Crippen LogP contribution in [0.2, 0.25) is 0 Å². The van der Waals surface area contributed by atoms with Gasteiger partial charge in [0.25, 0.3) is 0 Å². The number of aliphatic carboxylic acids is 2. The summed E-state index contributed by atoms with van der Waals surface area (Å²) < 4.78 is 0. The topological polar surface area (TPSA) is 139 Å². The lowest BCUT2D eigenvalue weighted by atomic mass is 10.4. The fourth-order valence-corrected chi connectivity index (χ4v) is 0. The fraction of sp³-hybridized carbons (Fsp3) is 0.308. The van der Waals surface area contributed by atoms with Gasteiger partial charge in [-0.05, 0) is 13.8 Å². The van der Waals surface area contributed by atoms with Crippen molar-refractivity contribution in [2.45, 2.75) is 13.8 Å². The number of carboxylic acid groups (broad SMARTS) is 2. The summed E-state index contributed by atoms with van der Waals surface area (Å²) in [6.45, 7) is 12.1. The molecule has 0 radical (unpaired) electrons. The fourth-order valence-electron chi connectivity index (χ4n) is 0. The van der Waals surface area contributed by atoms with E-state index in [1.807, 2.05) is 0 Å². The second kappa shape index (κ2) is 21.8. The third kappa shape index (κ3) is 57.7. The molecule has 0 bridgehead atoms. The van der Waals surface area contributed by atoms with Crippen molar-refractivity contribution in [1.29, 1.82) is 5.26 Å². The Morgan fingerprint density at radius 1 is 1.05 bits per heavy atom. The third-order valence-electron chi connectivity index (χ3n) is 0.921. The minimum atomic E-state index is -0.935. The number of nitrogens with zero attached hydrogens (tertiary/aromatic N) is 1. The maximum atomic E-state index is 9.60. The number of carboxylic acids is 2. The lowest BCUT2D eigenvalue weighted by molar-refractivity contribution is -0.133. The number of allylic oxidation sites excluding steroid dienone is 1. The maximum Gasteiger partial charge on any atom is 0.330 e. The van der Waals surface area contributed by atoms with Crippen LogP contribution in [0.3, 0.4) is 0 Å². The Morgan fingerprint density at radius 2 is 1.20 bits per heavy atom. The minimum Gasteiger partial charge on any atom is -0.478 e. The van der Waals surface area contributed by atoms with Gasteiger partial charge in [0, 0.05) is 17.2 Å². The van der Waals surface area contributed by atoms with Crippen LogP contribution >= 0.6 is 0 Å². The molecule has 0 aromatic rings. The zero-order valence-electron chi connectivity index (χ0n) is 11.7. The van der Waals surface area contributed by atoms with Crippen LogP contribution < -0.4 is 0 Å². The Kier molecular flexibility index (Phi) is 28.6. The standard InChI is InChI=1S/2C4H6O2.C3H3N.C2H6O2/c2*1-3(2)4(5)6;1-2-3-4;3-1-2-4/h2*1H2,2H3,(H,5,6);2H,1H2;3-4H,1-2H2. The SMILES string of the molecule is C=C(C)C(=O)O.C=C(C)C(=O)O.C=CC#N.OCCO. The average molecular weight is 287 g/mol. The number of aliphatic hydroxyl groups excluding tert-OH is 2. The van der Waals surface area contributed by atoms with Gasteiger partial charge in [0.2, 0.25) is 0 Å². The van der Waals surface area contributed by atoms with Crippen LogP contribution in [0.15, 0.2) is 37.0 Å². The van der Waals surface area contributed by atoms with Crippen LogP contribution in [-0.2, 0) is 9.59 Å². The van der Waals surface area contributed by atoms with Crippen LogP contribution in [0.25, 0.3) is 0 Å². The highest BCUT2D eigenvalue weighted by Crippen LogP contribution is 1.81. The summed E-state index contributed by atoms with van der Waals surface area (Å²) in [7, 11) is 0. The summed E-state index contributed by atoms with van der Waals surface area (Å²) >= 11 is 0. The van der Waals surface area contributed by atoms with E-state index in [1.165, 1.54) is 19.9 Å². The van der Waals surface area contributed by atoms with Crippen LogP contribution in [0.1, 0.15) is 13.8 Å². The molecule has 0 heterocycles. The first-order chi connectivity index (χ1) is 9.11. The molecule has 0 aliphatic heterocycles. The van der Waals surface area contributed by atoms with Crippen LogP contribution in [-0.4, -0.2) is 45.6 Å². The van der Waals surface area contributed by atoms with Gasteiger partial charge in [-0.15, -0.1) is 0 Å². The Labute approximate surface area is 118 Å². The molecule has 0 saturated carbocycles. The minimum absolute atomic E-state index is 0.125. The van der Waals surface area contributed by atoms with E-state index in [9.17, 15) is 9.59 Å². The molecule has 0 fully saturated rings. The van der Waals surface area contributed by atoms with Gasteiger partial charge in [-0.25, -0.2) is 9.59 Å². The van der Waals surface area contributed by atoms with E-state index in [0.717, 1.165) is 0 Å². The van der Waals surface area contributed by atoms with Gasteiger partial charge in [-0.2, -0.15) is 5.26 Å². The summed E-state index contributed by atoms with van der Waals surface area (Å²) in [5.41, 5.74) is 0.352.